The van der Waals surface area contributed by atoms with E-state index in [0.29, 0.717) is 6.42 Å². The van der Waals surface area contributed by atoms with E-state index < -0.39 is 5.97 Å². The van der Waals surface area contributed by atoms with Crippen molar-refractivity contribution in [3.05, 3.63) is 35.9 Å². The molecule has 0 amide bonds. The monoisotopic (exact) mass is 206 g/mol. The number of fused-ring (bicyclic) bond motifs is 1. The van der Waals surface area contributed by atoms with Crippen LogP contribution in [-0.4, -0.2) is 32.2 Å². The minimum atomic E-state index is -0.956. The standard InChI is InChI=1S/C10H10N2O3/c13-4-2-9-11-6-8-5-7(10(14)15)1-3-12(8)9/h1,3,5-6,13H,2,4H2,(H,14,15). The van der Waals surface area contributed by atoms with Gasteiger partial charge in [0.2, 0.25) is 0 Å². The first-order chi connectivity index (χ1) is 7.22. The van der Waals surface area contributed by atoms with Gasteiger partial charge in [-0.2, -0.15) is 0 Å². The Bertz CT molecular complexity index is 504. The average Bonchev–Trinajstić information content (AvgIpc) is 2.61. The highest BCUT2D eigenvalue weighted by Crippen LogP contribution is 2.10. The summed E-state index contributed by atoms with van der Waals surface area (Å²) in [6, 6.07) is 3.06. The van der Waals surface area contributed by atoms with E-state index in [1.165, 1.54) is 6.07 Å². The van der Waals surface area contributed by atoms with Gasteiger partial charge in [0.25, 0.3) is 0 Å². The van der Waals surface area contributed by atoms with Crippen molar-refractivity contribution in [2.24, 2.45) is 0 Å². The predicted molar refractivity (Wildman–Crippen MR) is 52.9 cm³/mol. The van der Waals surface area contributed by atoms with Crippen LogP contribution in [0.3, 0.4) is 0 Å². The molecule has 2 heterocycles. The zero-order chi connectivity index (χ0) is 10.8. The van der Waals surface area contributed by atoms with Crippen LogP contribution in [0.5, 0.6) is 0 Å². The van der Waals surface area contributed by atoms with Crippen LogP contribution in [0, 0.1) is 0 Å². The molecule has 2 aromatic heterocycles. The van der Waals surface area contributed by atoms with E-state index in [-0.39, 0.29) is 12.2 Å². The van der Waals surface area contributed by atoms with E-state index in [1.54, 1.807) is 22.9 Å². The molecule has 0 saturated heterocycles. The van der Waals surface area contributed by atoms with Crippen LogP contribution in [0.4, 0.5) is 0 Å². The molecule has 0 saturated carbocycles. The Kier molecular flexibility index (Phi) is 2.39. The van der Waals surface area contributed by atoms with Crippen LogP contribution in [-0.2, 0) is 6.42 Å². The minimum Gasteiger partial charge on any atom is -0.478 e. The number of carboxylic acids is 1. The van der Waals surface area contributed by atoms with Crippen molar-refractivity contribution in [3.63, 3.8) is 0 Å². The zero-order valence-corrected chi connectivity index (χ0v) is 7.92. The Morgan fingerprint density at radius 3 is 3.00 bits per heavy atom. The number of aromatic carboxylic acids is 1. The lowest BCUT2D eigenvalue weighted by molar-refractivity contribution is 0.0697. The van der Waals surface area contributed by atoms with Crippen molar-refractivity contribution in [2.75, 3.05) is 6.61 Å². The van der Waals surface area contributed by atoms with Crippen LogP contribution >= 0.6 is 0 Å². The Morgan fingerprint density at radius 1 is 1.53 bits per heavy atom. The summed E-state index contributed by atoms with van der Waals surface area (Å²) >= 11 is 0. The highest BCUT2D eigenvalue weighted by Gasteiger charge is 2.06. The van der Waals surface area contributed by atoms with Gasteiger partial charge in [0.05, 0.1) is 23.9 Å². The summed E-state index contributed by atoms with van der Waals surface area (Å²) in [5, 5.41) is 17.6. The van der Waals surface area contributed by atoms with Gasteiger partial charge in [-0.15, -0.1) is 0 Å². The third-order valence-corrected chi connectivity index (χ3v) is 2.19. The summed E-state index contributed by atoms with van der Waals surface area (Å²) in [4.78, 5) is 14.8. The van der Waals surface area contributed by atoms with Crippen LogP contribution in [0.2, 0.25) is 0 Å². The molecular formula is C10H10N2O3. The third-order valence-electron chi connectivity index (χ3n) is 2.19. The van der Waals surface area contributed by atoms with Crippen molar-refractivity contribution >= 4 is 11.5 Å². The van der Waals surface area contributed by atoms with E-state index in [9.17, 15) is 4.79 Å². The number of aromatic nitrogens is 2. The van der Waals surface area contributed by atoms with Crippen molar-refractivity contribution in [1.29, 1.82) is 0 Å². The van der Waals surface area contributed by atoms with Gasteiger partial charge >= 0.3 is 5.97 Å². The largest absolute Gasteiger partial charge is 0.478 e. The van der Waals surface area contributed by atoms with E-state index in [4.69, 9.17) is 10.2 Å². The van der Waals surface area contributed by atoms with E-state index >= 15 is 0 Å². The second-order valence-corrected chi connectivity index (χ2v) is 3.16. The first-order valence-corrected chi connectivity index (χ1v) is 4.52. The maximum atomic E-state index is 10.7. The Hall–Kier alpha value is -1.88. The Balaban J connectivity index is 2.51. The Labute approximate surface area is 85.6 Å². The molecule has 0 aliphatic rings. The lowest BCUT2D eigenvalue weighted by atomic mass is 10.2. The molecule has 2 aromatic rings. The number of aliphatic hydroxyl groups is 1. The molecule has 0 bridgehead atoms. The van der Waals surface area contributed by atoms with Crippen LogP contribution in [0.1, 0.15) is 16.2 Å². The first-order valence-electron chi connectivity index (χ1n) is 4.52. The topological polar surface area (TPSA) is 74.8 Å². The van der Waals surface area contributed by atoms with Gasteiger partial charge in [0.15, 0.2) is 0 Å². The lowest BCUT2D eigenvalue weighted by Gasteiger charge is -2.00. The quantitative estimate of drug-likeness (QED) is 0.769. The maximum absolute atomic E-state index is 10.7. The lowest BCUT2D eigenvalue weighted by Crippen LogP contribution is -2.00. The van der Waals surface area contributed by atoms with Crippen molar-refractivity contribution in [3.8, 4) is 0 Å². The second-order valence-electron chi connectivity index (χ2n) is 3.16. The van der Waals surface area contributed by atoms with E-state index in [1.807, 2.05) is 0 Å². The molecule has 15 heavy (non-hydrogen) atoms. The van der Waals surface area contributed by atoms with E-state index in [0.717, 1.165) is 11.3 Å². The van der Waals surface area contributed by atoms with Gasteiger partial charge in [-0.25, -0.2) is 9.78 Å². The van der Waals surface area contributed by atoms with Gasteiger partial charge in [0.1, 0.15) is 5.82 Å². The second kappa shape index (κ2) is 3.70. The van der Waals surface area contributed by atoms with Gasteiger partial charge in [-0.3, -0.25) is 0 Å². The fourth-order valence-electron chi connectivity index (χ4n) is 1.47. The average molecular weight is 206 g/mol. The fraction of sp³-hybridized carbons (Fsp3) is 0.200. The molecule has 0 fully saturated rings. The molecule has 0 radical (unpaired) electrons. The number of nitrogens with zero attached hydrogens (tertiary/aromatic N) is 2. The smallest absolute Gasteiger partial charge is 0.335 e. The van der Waals surface area contributed by atoms with Gasteiger partial charge in [0, 0.05) is 12.6 Å². The molecule has 5 nitrogen and oxygen atoms in total. The van der Waals surface area contributed by atoms with Crippen LogP contribution in [0.25, 0.3) is 5.52 Å². The third kappa shape index (κ3) is 1.69. The number of hydrogen-bond acceptors (Lipinski definition) is 3. The number of rotatable bonds is 3. The normalized spacial score (nSPS) is 10.7. The molecular weight excluding hydrogens is 196 g/mol. The molecule has 78 valence electrons. The first kappa shape index (κ1) is 9.67. The van der Waals surface area contributed by atoms with Gasteiger partial charge in [-0.05, 0) is 12.1 Å². The molecule has 0 aliphatic carbocycles. The summed E-state index contributed by atoms with van der Waals surface area (Å²) in [6.07, 6.45) is 3.70. The number of aliphatic hydroxyl groups excluding tert-OH is 1. The number of imidazole rings is 1. The molecule has 0 spiro atoms. The number of carboxylic acid groups (broad SMARTS) is 1. The fourth-order valence-corrected chi connectivity index (χ4v) is 1.47. The van der Waals surface area contributed by atoms with Crippen molar-refractivity contribution < 1.29 is 15.0 Å². The summed E-state index contributed by atoms with van der Waals surface area (Å²) in [5.41, 5.74) is 0.955. The van der Waals surface area contributed by atoms with Crippen molar-refractivity contribution in [2.45, 2.75) is 6.42 Å². The molecule has 2 N–H and O–H groups in total. The Morgan fingerprint density at radius 2 is 2.33 bits per heavy atom. The molecule has 0 unspecified atom stereocenters. The molecule has 0 atom stereocenters. The highest BCUT2D eigenvalue weighted by molar-refractivity contribution is 5.88. The van der Waals surface area contributed by atoms with Crippen LogP contribution in [0.15, 0.2) is 24.5 Å². The number of carbonyl (C=O) groups is 1. The molecule has 0 aromatic carbocycles. The summed E-state index contributed by atoms with van der Waals surface area (Å²) in [5.74, 6) is -0.230. The molecule has 0 aliphatic heterocycles. The zero-order valence-electron chi connectivity index (χ0n) is 7.92. The SMILES string of the molecule is O=C(O)c1ccn2c(CCO)ncc2c1. The van der Waals surface area contributed by atoms with Gasteiger partial charge in [-0.1, -0.05) is 0 Å². The summed E-state index contributed by atoms with van der Waals surface area (Å²) in [7, 11) is 0. The molecule has 5 heteroatoms. The summed E-state index contributed by atoms with van der Waals surface area (Å²) in [6.45, 7) is 0.0276. The maximum Gasteiger partial charge on any atom is 0.335 e. The summed E-state index contributed by atoms with van der Waals surface area (Å²) < 4.78 is 1.77. The van der Waals surface area contributed by atoms with E-state index in [2.05, 4.69) is 4.98 Å². The minimum absolute atomic E-state index is 0.0276. The van der Waals surface area contributed by atoms with Crippen LogP contribution < -0.4 is 0 Å². The number of hydrogen-bond donors (Lipinski definition) is 2. The predicted octanol–water partition coefficient (Wildman–Crippen LogP) is 0.567. The van der Waals surface area contributed by atoms with Gasteiger partial charge < -0.3 is 14.6 Å². The van der Waals surface area contributed by atoms with Crippen molar-refractivity contribution in [1.82, 2.24) is 9.38 Å². The molecule has 2 rings (SSSR count). The number of pyridine rings is 1. The highest BCUT2D eigenvalue weighted by atomic mass is 16.4.